The highest BCUT2D eigenvalue weighted by molar-refractivity contribution is 5.39. The maximum Gasteiger partial charge on any atom is 0.461 e. The van der Waals surface area contributed by atoms with Gasteiger partial charge in [0.2, 0.25) is 11.8 Å². The van der Waals surface area contributed by atoms with E-state index in [9.17, 15) is 35.8 Å². The molecule has 38 heavy (non-hydrogen) atoms. The highest BCUT2D eigenvalue weighted by Gasteiger charge is 2.44. The molecule has 0 unspecified atom stereocenters. The van der Waals surface area contributed by atoms with E-state index in [0.29, 0.717) is 5.75 Å². The Hall–Kier alpha value is -3.61. The smallest absolute Gasteiger partial charge is 0.439 e. The molecule has 1 atom stereocenters. The number of ether oxygens (including phenoxy) is 2. The Balaban J connectivity index is 1.90. The summed E-state index contributed by atoms with van der Waals surface area (Å²) >= 11 is 0. The SMILES string of the molecule is CCc1cc(C)cc(Oc2ccnc(N(Cc3cccc(OC(F)(F)C(F)F)c3)C[C@@H](O)C(F)(F)F)n2)c1. The molecule has 0 aliphatic heterocycles. The second kappa shape index (κ2) is 11.8. The van der Waals surface area contributed by atoms with Crippen LogP contribution >= 0.6 is 0 Å². The van der Waals surface area contributed by atoms with Crippen molar-refractivity contribution < 1.29 is 45.3 Å². The number of aliphatic hydroxyl groups excluding tert-OH is 1. The second-order valence-electron chi connectivity index (χ2n) is 8.35. The predicted octanol–water partition coefficient (Wildman–Crippen LogP) is 6.31. The molecule has 0 radical (unpaired) electrons. The van der Waals surface area contributed by atoms with E-state index in [1.165, 1.54) is 24.4 Å². The molecule has 1 heterocycles. The summed E-state index contributed by atoms with van der Waals surface area (Å²) in [6.45, 7) is 2.39. The summed E-state index contributed by atoms with van der Waals surface area (Å²) in [6, 6.07) is 11.4. The summed E-state index contributed by atoms with van der Waals surface area (Å²) in [5.41, 5.74) is 2.01. The predicted molar refractivity (Wildman–Crippen MR) is 124 cm³/mol. The Kier molecular flexibility index (Phi) is 9.02. The first kappa shape index (κ1) is 29.0. The van der Waals surface area contributed by atoms with Gasteiger partial charge in [-0.05, 0) is 54.3 Å². The van der Waals surface area contributed by atoms with Crippen molar-refractivity contribution in [3.05, 3.63) is 71.4 Å². The van der Waals surface area contributed by atoms with Crippen molar-refractivity contribution in [1.82, 2.24) is 9.97 Å². The third-order valence-corrected chi connectivity index (χ3v) is 5.19. The van der Waals surface area contributed by atoms with Gasteiger partial charge in [0.25, 0.3) is 0 Å². The molecule has 13 heteroatoms. The highest BCUT2D eigenvalue weighted by atomic mass is 19.4. The maximum absolute atomic E-state index is 13.3. The van der Waals surface area contributed by atoms with Crippen molar-refractivity contribution in [3.8, 4) is 17.4 Å². The van der Waals surface area contributed by atoms with E-state index in [4.69, 9.17) is 4.74 Å². The van der Waals surface area contributed by atoms with Crippen LogP contribution in [0.25, 0.3) is 0 Å². The fourth-order valence-corrected chi connectivity index (χ4v) is 3.41. The third kappa shape index (κ3) is 7.94. The van der Waals surface area contributed by atoms with Gasteiger partial charge in [0.1, 0.15) is 11.5 Å². The summed E-state index contributed by atoms with van der Waals surface area (Å²) in [6.07, 6.45) is -14.7. The van der Waals surface area contributed by atoms with Gasteiger partial charge >= 0.3 is 18.7 Å². The van der Waals surface area contributed by atoms with Crippen LogP contribution in [0.1, 0.15) is 23.6 Å². The van der Waals surface area contributed by atoms with Crippen molar-refractivity contribution in [2.45, 2.75) is 51.6 Å². The van der Waals surface area contributed by atoms with Crippen LogP contribution in [0.5, 0.6) is 17.4 Å². The first-order chi connectivity index (χ1) is 17.8. The molecule has 0 saturated heterocycles. The van der Waals surface area contributed by atoms with Crippen LogP contribution in [-0.4, -0.2) is 46.4 Å². The lowest BCUT2D eigenvalue weighted by Crippen LogP contribution is -2.41. The quantitative estimate of drug-likeness (QED) is 0.284. The topological polar surface area (TPSA) is 67.7 Å². The molecule has 6 nitrogen and oxygen atoms in total. The normalized spacial score (nSPS) is 12.9. The number of aliphatic hydroxyl groups is 1. The third-order valence-electron chi connectivity index (χ3n) is 5.19. The van der Waals surface area contributed by atoms with Crippen LogP contribution in [0.3, 0.4) is 0 Å². The first-order valence-electron chi connectivity index (χ1n) is 11.3. The number of hydrogen-bond acceptors (Lipinski definition) is 6. The zero-order valence-electron chi connectivity index (χ0n) is 20.2. The minimum atomic E-state index is -4.98. The Labute approximate surface area is 213 Å². The lowest BCUT2D eigenvalue weighted by Gasteiger charge is -2.27. The number of nitrogens with zero attached hydrogens (tertiary/aromatic N) is 3. The molecule has 3 rings (SSSR count). The van der Waals surface area contributed by atoms with E-state index < -0.39 is 43.7 Å². The van der Waals surface area contributed by atoms with Crippen molar-refractivity contribution >= 4 is 5.95 Å². The molecule has 1 aromatic heterocycles. The lowest BCUT2D eigenvalue weighted by atomic mass is 10.1. The summed E-state index contributed by atoms with van der Waals surface area (Å²) in [4.78, 5) is 9.08. The monoisotopic (exact) mass is 547 g/mol. The molecular formula is C25H24F7N3O3. The minimum absolute atomic E-state index is 0.00260. The number of halogens is 7. The number of alkyl halides is 7. The van der Waals surface area contributed by atoms with E-state index in [1.807, 2.05) is 19.9 Å². The Morgan fingerprint density at radius 2 is 1.68 bits per heavy atom. The second-order valence-corrected chi connectivity index (χ2v) is 8.35. The van der Waals surface area contributed by atoms with Gasteiger partial charge in [0, 0.05) is 18.8 Å². The van der Waals surface area contributed by atoms with Crippen molar-refractivity contribution in [2.75, 3.05) is 11.4 Å². The number of hydrogen-bond donors (Lipinski definition) is 1. The molecular weight excluding hydrogens is 523 g/mol. The molecule has 206 valence electrons. The van der Waals surface area contributed by atoms with Gasteiger partial charge in [0.05, 0.1) is 6.54 Å². The van der Waals surface area contributed by atoms with Gasteiger partial charge in [-0.2, -0.15) is 35.7 Å². The molecule has 1 N–H and O–H groups in total. The van der Waals surface area contributed by atoms with E-state index in [2.05, 4.69) is 14.7 Å². The zero-order chi connectivity index (χ0) is 28.1. The molecule has 0 saturated carbocycles. The summed E-state index contributed by atoms with van der Waals surface area (Å²) < 4.78 is 101. The molecule has 0 fully saturated rings. The van der Waals surface area contributed by atoms with Gasteiger partial charge < -0.3 is 19.5 Å². The van der Waals surface area contributed by atoms with Gasteiger partial charge in [0.15, 0.2) is 6.10 Å². The van der Waals surface area contributed by atoms with Crippen LogP contribution in [0.4, 0.5) is 36.7 Å². The molecule has 0 spiro atoms. The Bertz CT molecular complexity index is 1220. The average Bonchev–Trinajstić information content (AvgIpc) is 2.82. The Morgan fingerprint density at radius 1 is 0.974 bits per heavy atom. The van der Waals surface area contributed by atoms with Crippen LogP contribution in [0.2, 0.25) is 0 Å². The van der Waals surface area contributed by atoms with E-state index in [1.54, 1.807) is 12.1 Å². The van der Waals surface area contributed by atoms with Crippen LogP contribution in [0, 0.1) is 6.92 Å². The first-order valence-corrected chi connectivity index (χ1v) is 11.3. The molecule has 2 aromatic carbocycles. The van der Waals surface area contributed by atoms with E-state index in [-0.39, 0.29) is 17.4 Å². The summed E-state index contributed by atoms with van der Waals surface area (Å²) in [5.74, 6) is -0.451. The van der Waals surface area contributed by atoms with E-state index in [0.717, 1.165) is 34.6 Å². The molecule has 0 amide bonds. The van der Waals surface area contributed by atoms with Crippen molar-refractivity contribution in [2.24, 2.45) is 0 Å². The Morgan fingerprint density at radius 3 is 2.34 bits per heavy atom. The number of aromatic nitrogens is 2. The van der Waals surface area contributed by atoms with Crippen molar-refractivity contribution in [3.63, 3.8) is 0 Å². The maximum atomic E-state index is 13.3. The van der Waals surface area contributed by atoms with Gasteiger partial charge in [-0.25, -0.2) is 4.98 Å². The molecule has 0 aliphatic carbocycles. The van der Waals surface area contributed by atoms with Gasteiger partial charge in [-0.1, -0.05) is 25.1 Å². The largest absolute Gasteiger partial charge is 0.461 e. The van der Waals surface area contributed by atoms with Gasteiger partial charge in [-0.3, -0.25) is 0 Å². The number of anilines is 1. The minimum Gasteiger partial charge on any atom is -0.439 e. The van der Waals surface area contributed by atoms with E-state index >= 15 is 0 Å². The molecule has 3 aromatic rings. The van der Waals surface area contributed by atoms with Crippen LogP contribution < -0.4 is 14.4 Å². The fraction of sp³-hybridized carbons (Fsp3) is 0.360. The van der Waals surface area contributed by atoms with Gasteiger partial charge in [-0.15, -0.1) is 0 Å². The fourth-order valence-electron chi connectivity index (χ4n) is 3.41. The lowest BCUT2D eigenvalue weighted by molar-refractivity contribution is -0.253. The number of rotatable bonds is 11. The van der Waals surface area contributed by atoms with Crippen molar-refractivity contribution in [1.29, 1.82) is 0 Å². The molecule has 0 aliphatic rings. The zero-order valence-corrected chi connectivity index (χ0v) is 20.2. The standard InChI is InChI=1S/C25H24F7N3O3/c1-3-16-9-15(2)10-19(11-16)37-21-7-8-33-23(34-21)35(14-20(36)24(28,29)30)13-17-5-4-6-18(12-17)38-25(31,32)22(26)27/h4-12,20,22,36H,3,13-14H2,1-2H3/t20-/m1/s1. The summed E-state index contributed by atoms with van der Waals surface area (Å²) in [7, 11) is 0. The van der Waals surface area contributed by atoms with Crippen LogP contribution in [-0.2, 0) is 13.0 Å². The average molecular weight is 547 g/mol. The number of benzene rings is 2. The van der Waals surface area contributed by atoms with Crippen LogP contribution in [0.15, 0.2) is 54.7 Å². The number of aryl methyl sites for hydroxylation is 2. The summed E-state index contributed by atoms with van der Waals surface area (Å²) in [5, 5.41) is 9.70. The molecule has 0 bridgehead atoms. The highest BCUT2D eigenvalue weighted by Crippen LogP contribution is 2.30.